The fraction of sp³-hybridized carbons (Fsp3) is 1.00. The summed E-state index contributed by atoms with van der Waals surface area (Å²) in [6.45, 7) is 0.568. The Bertz CT molecular complexity index is 486. The second-order valence-corrected chi connectivity index (χ2v) is 7.21. The van der Waals surface area contributed by atoms with Crippen LogP contribution in [0.15, 0.2) is 0 Å². The molecular weight excluding hydrogens is 402 g/mol. The maximum Gasteiger partial charge on any atom is 0.187 e. The van der Waals surface area contributed by atoms with Crippen LogP contribution in [0.25, 0.3) is 0 Å². The van der Waals surface area contributed by atoms with Crippen molar-refractivity contribution < 1.29 is 47.4 Å². The van der Waals surface area contributed by atoms with E-state index in [1.807, 2.05) is 0 Å². The van der Waals surface area contributed by atoms with Crippen molar-refractivity contribution in [2.75, 3.05) is 63.0 Å². The summed E-state index contributed by atoms with van der Waals surface area (Å²) in [5.74, 6) is 0. The first-order valence-electron chi connectivity index (χ1n) is 9.84. The Morgan fingerprint density at radius 1 is 0.567 bits per heavy atom. The van der Waals surface area contributed by atoms with Crippen molar-refractivity contribution >= 4 is 0 Å². The molecule has 2 rings (SSSR count). The summed E-state index contributed by atoms with van der Waals surface area (Å²) in [5.41, 5.74) is 6.40. The second kappa shape index (κ2) is 12.6. The van der Waals surface area contributed by atoms with Gasteiger partial charge in [0.2, 0.25) is 0 Å². The minimum atomic E-state index is -0.820. The fourth-order valence-electron chi connectivity index (χ4n) is 4.13. The Labute approximate surface area is 178 Å². The molecule has 2 heterocycles. The molecule has 0 bridgehead atoms. The van der Waals surface area contributed by atoms with Gasteiger partial charge in [0.05, 0.1) is 19.3 Å². The van der Waals surface area contributed by atoms with Gasteiger partial charge in [0.25, 0.3) is 0 Å². The lowest BCUT2D eigenvalue weighted by Crippen LogP contribution is -2.67. The van der Waals surface area contributed by atoms with E-state index in [1.54, 1.807) is 42.7 Å². The van der Waals surface area contributed by atoms with Gasteiger partial charge in [0.15, 0.2) is 12.6 Å². The summed E-state index contributed by atoms with van der Waals surface area (Å²) >= 11 is 0. The van der Waals surface area contributed by atoms with E-state index in [0.717, 1.165) is 0 Å². The van der Waals surface area contributed by atoms with E-state index in [0.29, 0.717) is 0 Å². The third kappa shape index (κ3) is 5.48. The monoisotopic (exact) mass is 439 g/mol. The summed E-state index contributed by atoms with van der Waals surface area (Å²) < 4.78 is 57.0. The standard InChI is InChI=1S/C19H37NO10/c1-21-8-10-13(23-3)15(12(20)18(27-7)28-10)30-19-17(26-6)16(25-5)14(24-4)11(29-19)9-22-2/h10-19H,8-9,20H2,1-7H3/t10?,11?,12?,13-,14+,15?,16?,17?,18+,19?/m0/s1. The number of rotatable bonds is 11. The third-order valence-corrected chi connectivity index (χ3v) is 5.56. The van der Waals surface area contributed by atoms with Crippen molar-refractivity contribution in [1.29, 1.82) is 0 Å². The van der Waals surface area contributed by atoms with Gasteiger partial charge in [-0.1, -0.05) is 0 Å². The summed E-state index contributed by atoms with van der Waals surface area (Å²) in [6.07, 6.45) is -5.00. The number of nitrogens with two attached hydrogens (primary N) is 1. The summed E-state index contributed by atoms with van der Waals surface area (Å²) in [5, 5.41) is 0. The predicted molar refractivity (Wildman–Crippen MR) is 104 cm³/mol. The van der Waals surface area contributed by atoms with E-state index < -0.39 is 61.3 Å². The van der Waals surface area contributed by atoms with Gasteiger partial charge in [-0.2, -0.15) is 0 Å². The molecule has 0 aromatic rings. The molecule has 2 saturated heterocycles. The van der Waals surface area contributed by atoms with Gasteiger partial charge in [-0.15, -0.1) is 0 Å². The van der Waals surface area contributed by atoms with E-state index in [4.69, 9.17) is 53.1 Å². The van der Waals surface area contributed by atoms with Crippen molar-refractivity contribution in [2.24, 2.45) is 5.73 Å². The molecule has 178 valence electrons. The molecule has 0 spiro atoms. The maximum absolute atomic E-state index is 6.40. The summed E-state index contributed by atoms with van der Waals surface area (Å²) in [7, 11) is 11.0. The second-order valence-electron chi connectivity index (χ2n) is 7.21. The van der Waals surface area contributed by atoms with Crippen LogP contribution in [0.2, 0.25) is 0 Å². The first kappa shape index (κ1) is 25.8. The Morgan fingerprint density at radius 2 is 1.03 bits per heavy atom. The van der Waals surface area contributed by atoms with Crippen LogP contribution in [0.3, 0.4) is 0 Å². The zero-order chi connectivity index (χ0) is 22.3. The molecule has 30 heavy (non-hydrogen) atoms. The normalized spacial score (nSPS) is 42.4. The van der Waals surface area contributed by atoms with Gasteiger partial charge >= 0.3 is 0 Å². The molecule has 2 fully saturated rings. The molecule has 0 amide bonds. The molecule has 0 aliphatic carbocycles. The highest BCUT2D eigenvalue weighted by molar-refractivity contribution is 4.97. The van der Waals surface area contributed by atoms with Crippen LogP contribution in [0.5, 0.6) is 0 Å². The van der Waals surface area contributed by atoms with E-state index in [-0.39, 0.29) is 13.2 Å². The highest BCUT2D eigenvalue weighted by Gasteiger charge is 2.52. The van der Waals surface area contributed by atoms with E-state index in [2.05, 4.69) is 0 Å². The minimum absolute atomic E-state index is 0.281. The average molecular weight is 440 g/mol. The molecule has 2 aliphatic heterocycles. The zero-order valence-electron chi connectivity index (χ0n) is 18.8. The Morgan fingerprint density at radius 3 is 1.47 bits per heavy atom. The lowest BCUT2D eigenvalue weighted by atomic mass is 9.95. The van der Waals surface area contributed by atoms with Gasteiger partial charge in [-0.05, 0) is 0 Å². The molecule has 0 aromatic carbocycles. The Kier molecular flexibility index (Phi) is 10.8. The SMILES string of the molecule is COCC1OC(OC2C(N)[C@H](OC)OC(COC)[C@@H]2OC)C(OC)C(OC)[C@@H]1OC. The minimum Gasteiger partial charge on any atom is -0.382 e. The molecule has 0 saturated carbocycles. The predicted octanol–water partition coefficient (Wildman–Crippen LogP) is -0.852. The van der Waals surface area contributed by atoms with Gasteiger partial charge < -0.3 is 53.1 Å². The smallest absolute Gasteiger partial charge is 0.187 e. The van der Waals surface area contributed by atoms with E-state index in [9.17, 15) is 0 Å². The Balaban J connectivity index is 2.29. The fourth-order valence-corrected chi connectivity index (χ4v) is 4.13. The molecule has 10 atom stereocenters. The number of hydrogen-bond donors (Lipinski definition) is 1. The number of ether oxygens (including phenoxy) is 10. The van der Waals surface area contributed by atoms with E-state index in [1.165, 1.54) is 7.11 Å². The van der Waals surface area contributed by atoms with Gasteiger partial charge in [-0.25, -0.2) is 0 Å². The molecular formula is C19H37NO10. The van der Waals surface area contributed by atoms with E-state index >= 15 is 0 Å². The lowest BCUT2D eigenvalue weighted by molar-refractivity contribution is -0.349. The number of hydrogen-bond acceptors (Lipinski definition) is 11. The first-order chi connectivity index (χ1) is 14.5. The largest absolute Gasteiger partial charge is 0.382 e. The summed E-state index contributed by atoms with van der Waals surface area (Å²) in [6, 6.07) is -0.642. The van der Waals surface area contributed by atoms with Crippen molar-refractivity contribution in [3.63, 3.8) is 0 Å². The van der Waals surface area contributed by atoms with Crippen molar-refractivity contribution in [3.05, 3.63) is 0 Å². The molecule has 0 aromatic heterocycles. The van der Waals surface area contributed by atoms with Gasteiger partial charge in [0, 0.05) is 49.8 Å². The topological polar surface area (TPSA) is 118 Å². The van der Waals surface area contributed by atoms with Crippen LogP contribution >= 0.6 is 0 Å². The van der Waals surface area contributed by atoms with Crippen molar-refractivity contribution in [3.8, 4) is 0 Å². The molecule has 2 N–H and O–H groups in total. The quantitative estimate of drug-likeness (QED) is 0.433. The molecule has 7 unspecified atom stereocenters. The van der Waals surface area contributed by atoms with Crippen LogP contribution < -0.4 is 5.73 Å². The highest BCUT2D eigenvalue weighted by atomic mass is 16.7. The Hall–Kier alpha value is -0.440. The molecule has 2 aliphatic rings. The van der Waals surface area contributed by atoms with Crippen LogP contribution in [0.4, 0.5) is 0 Å². The lowest BCUT2D eigenvalue weighted by Gasteiger charge is -2.49. The van der Waals surface area contributed by atoms with Crippen molar-refractivity contribution in [1.82, 2.24) is 0 Å². The van der Waals surface area contributed by atoms with Crippen LogP contribution in [0.1, 0.15) is 0 Å². The van der Waals surface area contributed by atoms with Gasteiger partial charge in [0.1, 0.15) is 42.7 Å². The van der Waals surface area contributed by atoms with Crippen LogP contribution in [-0.4, -0.2) is 124 Å². The average Bonchev–Trinajstić information content (AvgIpc) is 2.75. The first-order valence-corrected chi connectivity index (χ1v) is 9.84. The molecule has 11 nitrogen and oxygen atoms in total. The van der Waals surface area contributed by atoms with Crippen molar-refractivity contribution in [2.45, 2.75) is 61.3 Å². The number of methoxy groups -OCH3 is 7. The highest BCUT2D eigenvalue weighted by Crippen LogP contribution is 2.32. The summed E-state index contributed by atoms with van der Waals surface area (Å²) in [4.78, 5) is 0. The molecule has 0 radical (unpaired) electrons. The maximum atomic E-state index is 6.40. The molecule has 11 heteroatoms. The van der Waals surface area contributed by atoms with Crippen LogP contribution in [0, 0.1) is 0 Å². The van der Waals surface area contributed by atoms with Crippen LogP contribution in [-0.2, 0) is 47.4 Å². The van der Waals surface area contributed by atoms with Gasteiger partial charge in [-0.3, -0.25) is 0 Å². The zero-order valence-corrected chi connectivity index (χ0v) is 18.8. The third-order valence-electron chi connectivity index (χ3n) is 5.56.